The SMILES string of the molecule is CC.Cc1ccc(SC2CC2)cc1. The molecule has 0 nitrogen and oxygen atoms in total. The molecule has 1 aliphatic rings. The lowest BCUT2D eigenvalue weighted by Crippen LogP contribution is -1.75. The summed E-state index contributed by atoms with van der Waals surface area (Å²) in [5.41, 5.74) is 1.35. The van der Waals surface area contributed by atoms with Crippen LogP contribution in [0.2, 0.25) is 0 Å². The zero-order chi connectivity index (χ0) is 9.68. The van der Waals surface area contributed by atoms with E-state index >= 15 is 0 Å². The molecule has 1 aromatic carbocycles. The second kappa shape index (κ2) is 5.33. The molecule has 0 unspecified atom stereocenters. The maximum atomic E-state index is 2.22. The largest absolute Gasteiger partial charge is 0.123 e. The van der Waals surface area contributed by atoms with Crippen molar-refractivity contribution in [3.8, 4) is 0 Å². The van der Waals surface area contributed by atoms with Crippen LogP contribution in [0.3, 0.4) is 0 Å². The fourth-order valence-corrected chi connectivity index (χ4v) is 2.05. The smallest absolute Gasteiger partial charge is 0.00952 e. The second-order valence-corrected chi connectivity index (χ2v) is 4.50. The van der Waals surface area contributed by atoms with E-state index in [1.807, 2.05) is 25.6 Å². The van der Waals surface area contributed by atoms with Gasteiger partial charge in [-0.05, 0) is 31.9 Å². The minimum Gasteiger partial charge on any atom is -0.123 e. The van der Waals surface area contributed by atoms with Gasteiger partial charge in [-0.2, -0.15) is 0 Å². The highest BCUT2D eigenvalue weighted by Crippen LogP contribution is 2.38. The van der Waals surface area contributed by atoms with Crippen molar-refractivity contribution in [2.24, 2.45) is 0 Å². The molecule has 0 radical (unpaired) electrons. The van der Waals surface area contributed by atoms with Crippen LogP contribution in [-0.2, 0) is 0 Å². The van der Waals surface area contributed by atoms with E-state index in [9.17, 15) is 0 Å². The fourth-order valence-electron chi connectivity index (χ4n) is 0.995. The van der Waals surface area contributed by atoms with Gasteiger partial charge < -0.3 is 0 Å². The molecule has 0 spiro atoms. The molecule has 0 aromatic heterocycles. The summed E-state index contributed by atoms with van der Waals surface area (Å²) in [6.07, 6.45) is 2.83. The normalized spacial score (nSPS) is 14.7. The lowest BCUT2D eigenvalue weighted by atomic mass is 10.2. The number of benzene rings is 1. The van der Waals surface area contributed by atoms with Gasteiger partial charge in [-0.1, -0.05) is 31.5 Å². The van der Waals surface area contributed by atoms with Gasteiger partial charge in [-0.15, -0.1) is 11.8 Å². The quantitative estimate of drug-likeness (QED) is 0.677. The molecule has 2 rings (SSSR count). The summed E-state index contributed by atoms with van der Waals surface area (Å²) in [6.45, 7) is 6.13. The first-order valence-corrected chi connectivity index (χ1v) is 5.96. The number of aryl methyl sites for hydroxylation is 1. The molecule has 0 aliphatic heterocycles. The molecule has 0 saturated heterocycles. The predicted octanol–water partition coefficient (Wildman–Crippen LogP) is 4.28. The molecule has 0 N–H and O–H groups in total. The first kappa shape index (κ1) is 10.6. The second-order valence-electron chi connectivity index (χ2n) is 3.13. The van der Waals surface area contributed by atoms with Crippen LogP contribution in [0, 0.1) is 6.92 Å². The molecule has 1 aromatic rings. The van der Waals surface area contributed by atoms with Gasteiger partial charge in [0.2, 0.25) is 0 Å². The molecule has 1 heteroatoms. The molecule has 1 fully saturated rings. The summed E-state index contributed by atoms with van der Waals surface area (Å²) in [6, 6.07) is 8.81. The standard InChI is InChI=1S/C10H12S.C2H6/c1-8-2-4-9(5-3-8)11-10-6-7-10;1-2/h2-5,10H,6-7H2,1H3;1-2H3. The van der Waals surface area contributed by atoms with Crippen LogP contribution < -0.4 is 0 Å². The summed E-state index contributed by atoms with van der Waals surface area (Å²) < 4.78 is 0. The Morgan fingerprint density at radius 1 is 1.08 bits per heavy atom. The van der Waals surface area contributed by atoms with Crippen LogP contribution in [0.4, 0.5) is 0 Å². The molecular formula is C12H18S. The molecule has 1 saturated carbocycles. The average Bonchev–Trinajstić information content (AvgIpc) is 2.96. The average molecular weight is 194 g/mol. The van der Waals surface area contributed by atoms with E-state index in [0.29, 0.717) is 0 Å². The molecular weight excluding hydrogens is 176 g/mol. The summed E-state index contributed by atoms with van der Waals surface area (Å²) in [4.78, 5) is 1.43. The summed E-state index contributed by atoms with van der Waals surface area (Å²) in [5, 5.41) is 0.928. The molecule has 0 amide bonds. The highest BCUT2D eigenvalue weighted by atomic mass is 32.2. The lowest BCUT2D eigenvalue weighted by Gasteiger charge is -1.98. The van der Waals surface area contributed by atoms with Crippen molar-refractivity contribution in [3.05, 3.63) is 29.8 Å². The van der Waals surface area contributed by atoms with E-state index < -0.39 is 0 Å². The molecule has 0 bridgehead atoms. The topological polar surface area (TPSA) is 0 Å². The maximum absolute atomic E-state index is 2.22. The van der Waals surface area contributed by atoms with E-state index in [1.165, 1.54) is 23.3 Å². The lowest BCUT2D eigenvalue weighted by molar-refractivity contribution is 1.36. The predicted molar refractivity (Wildman–Crippen MR) is 61.4 cm³/mol. The number of thioether (sulfide) groups is 1. The highest BCUT2D eigenvalue weighted by Gasteiger charge is 2.21. The number of rotatable bonds is 2. The number of hydrogen-bond donors (Lipinski definition) is 0. The Hall–Kier alpha value is -0.430. The molecule has 13 heavy (non-hydrogen) atoms. The van der Waals surface area contributed by atoms with E-state index in [1.54, 1.807) is 0 Å². The van der Waals surface area contributed by atoms with Crippen LogP contribution >= 0.6 is 11.8 Å². The minimum absolute atomic E-state index is 0.928. The van der Waals surface area contributed by atoms with Crippen LogP contribution in [0.1, 0.15) is 32.3 Å². The van der Waals surface area contributed by atoms with Crippen LogP contribution in [0.25, 0.3) is 0 Å². The Balaban J connectivity index is 0.000000396. The van der Waals surface area contributed by atoms with Gasteiger partial charge in [0.1, 0.15) is 0 Å². The van der Waals surface area contributed by atoms with Crippen LogP contribution in [0.15, 0.2) is 29.2 Å². The Morgan fingerprint density at radius 2 is 1.62 bits per heavy atom. The van der Waals surface area contributed by atoms with E-state index in [2.05, 4.69) is 31.2 Å². The van der Waals surface area contributed by atoms with Crippen LogP contribution in [-0.4, -0.2) is 5.25 Å². The molecule has 0 heterocycles. The number of hydrogen-bond acceptors (Lipinski definition) is 1. The van der Waals surface area contributed by atoms with Crippen molar-refractivity contribution in [1.82, 2.24) is 0 Å². The summed E-state index contributed by atoms with van der Waals surface area (Å²) in [5.74, 6) is 0. The summed E-state index contributed by atoms with van der Waals surface area (Å²) >= 11 is 2.02. The third kappa shape index (κ3) is 3.86. The van der Waals surface area contributed by atoms with Gasteiger partial charge in [-0.25, -0.2) is 0 Å². The van der Waals surface area contributed by atoms with Crippen molar-refractivity contribution in [2.75, 3.05) is 0 Å². The highest BCUT2D eigenvalue weighted by molar-refractivity contribution is 8.00. The zero-order valence-electron chi connectivity index (χ0n) is 8.71. The van der Waals surface area contributed by atoms with Crippen LogP contribution in [0.5, 0.6) is 0 Å². The maximum Gasteiger partial charge on any atom is 0.00952 e. The summed E-state index contributed by atoms with van der Waals surface area (Å²) in [7, 11) is 0. The van der Waals surface area contributed by atoms with E-state index in [4.69, 9.17) is 0 Å². The van der Waals surface area contributed by atoms with Crippen molar-refractivity contribution in [3.63, 3.8) is 0 Å². The van der Waals surface area contributed by atoms with Crippen molar-refractivity contribution < 1.29 is 0 Å². The monoisotopic (exact) mass is 194 g/mol. The Morgan fingerprint density at radius 3 is 2.08 bits per heavy atom. The van der Waals surface area contributed by atoms with Gasteiger partial charge in [0.25, 0.3) is 0 Å². The Labute approximate surface area is 85.7 Å². The van der Waals surface area contributed by atoms with Crippen molar-refractivity contribution in [1.29, 1.82) is 0 Å². The van der Waals surface area contributed by atoms with Gasteiger partial charge in [0.05, 0.1) is 0 Å². The van der Waals surface area contributed by atoms with Crippen molar-refractivity contribution in [2.45, 2.75) is 43.8 Å². The fraction of sp³-hybridized carbons (Fsp3) is 0.500. The van der Waals surface area contributed by atoms with Gasteiger partial charge in [-0.3, -0.25) is 0 Å². The first-order valence-electron chi connectivity index (χ1n) is 5.08. The van der Waals surface area contributed by atoms with Gasteiger partial charge in [0, 0.05) is 10.1 Å². The Bertz CT molecular complexity index is 234. The Kier molecular flexibility index (Phi) is 4.37. The minimum atomic E-state index is 0.928. The molecule has 0 atom stereocenters. The molecule has 1 aliphatic carbocycles. The van der Waals surface area contributed by atoms with Crippen molar-refractivity contribution >= 4 is 11.8 Å². The van der Waals surface area contributed by atoms with E-state index in [-0.39, 0.29) is 0 Å². The first-order chi connectivity index (χ1) is 6.34. The van der Waals surface area contributed by atoms with E-state index in [0.717, 1.165) is 5.25 Å². The zero-order valence-corrected chi connectivity index (χ0v) is 9.53. The van der Waals surface area contributed by atoms with Gasteiger partial charge in [0.15, 0.2) is 0 Å². The van der Waals surface area contributed by atoms with Gasteiger partial charge >= 0.3 is 0 Å². The molecule has 72 valence electrons. The third-order valence-electron chi connectivity index (χ3n) is 1.85. The third-order valence-corrected chi connectivity index (χ3v) is 3.20.